The Morgan fingerprint density at radius 1 is 1.44 bits per heavy atom. The summed E-state index contributed by atoms with van der Waals surface area (Å²) in [6.07, 6.45) is 4.25. The Balaban J connectivity index is 2.12. The zero-order valence-corrected chi connectivity index (χ0v) is 5.44. The first-order valence-corrected chi connectivity index (χ1v) is 3.62. The molecule has 1 unspecified atom stereocenters. The summed E-state index contributed by atoms with van der Waals surface area (Å²) in [6, 6.07) is 0. The third-order valence-corrected chi connectivity index (χ3v) is 2.39. The highest BCUT2D eigenvalue weighted by atomic mass is 16.1. The van der Waals surface area contributed by atoms with Gasteiger partial charge in [0.25, 0.3) is 0 Å². The molecule has 1 aliphatic carbocycles. The summed E-state index contributed by atoms with van der Waals surface area (Å²) in [5.74, 6) is 0.453. The van der Waals surface area contributed by atoms with Crippen molar-refractivity contribution < 1.29 is 4.79 Å². The Labute approximate surface area is 54.6 Å². The van der Waals surface area contributed by atoms with Gasteiger partial charge in [-0.25, -0.2) is 0 Å². The Kier molecular flexibility index (Phi) is 0.943. The van der Waals surface area contributed by atoms with Crippen LogP contribution in [-0.4, -0.2) is 17.9 Å². The fourth-order valence-electron chi connectivity index (χ4n) is 1.57. The maximum atomic E-state index is 11.1. The fraction of sp³-hybridized carbons (Fsp3) is 0.857. The molecule has 2 nitrogen and oxygen atoms in total. The first-order valence-electron chi connectivity index (χ1n) is 3.62. The first-order chi connectivity index (χ1) is 4.33. The summed E-state index contributed by atoms with van der Waals surface area (Å²) in [4.78, 5) is 11.1. The van der Waals surface area contributed by atoms with E-state index >= 15 is 0 Å². The summed E-state index contributed by atoms with van der Waals surface area (Å²) >= 11 is 0. The van der Waals surface area contributed by atoms with E-state index in [9.17, 15) is 4.79 Å². The molecule has 1 heterocycles. The van der Waals surface area contributed by atoms with Crippen molar-refractivity contribution in [1.82, 2.24) is 5.32 Å². The van der Waals surface area contributed by atoms with Crippen molar-refractivity contribution in [2.75, 3.05) is 6.54 Å². The third-order valence-electron chi connectivity index (χ3n) is 2.39. The van der Waals surface area contributed by atoms with Crippen molar-refractivity contribution >= 4 is 5.78 Å². The van der Waals surface area contributed by atoms with Gasteiger partial charge in [0, 0.05) is 13.0 Å². The predicted octanol–water partition coefficient (Wildman–Crippen LogP) is 0.471. The molecular formula is C7H11NO. The van der Waals surface area contributed by atoms with Crippen LogP contribution in [0.15, 0.2) is 0 Å². The number of nitrogens with one attached hydrogen (secondary N) is 1. The highest BCUT2D eigenvalue weighted by Crippen LogP contribution is 2.31. The molecule has 0 aromatic carbocycles. The fourth-order valence-corrected chi connectivity index (χ4v) is 1.57. The summed E-state index contributed by atoms with van der Waals surface area (Å²) in [5.41, 5.74) is -0.00174. The molecule has 2 aliphatic rings. The van der Waals surface area contributed by atoms with Crippen LogP contribution in [0.1, 0.15) is 25.7 Å². The molecule has 2 fully saturated rings. The van der Waals surface area contributed by atoms with E-state index in [1.165, 1.54) is 6.42 Å². The van der Waals surface area contributed by atoms with E-state index in [-0.39, 0.29) is 5.54 Å². The highest BCUT2D eigenvalue weighted by Gasteiger charge is 2.49. The lowest BCUT2D eigenvalue weighted by Crippen LogP contribution is -2.31. The van der Waals surface area contributed by atoms with Gasteiger partial charge in [-0.2, -0.15) is 0 Å². The Morgan fingerprint density at radius 3 is 2.67 bits per heavy atom. The van der Waals surface area contributed by atoms with E-state index in [4.69, 9.17) is 0 Å². The lowest BCUT2D eigenvalue weighted by Gasteiger charge is -2.16. The van der Waals surface area contributed by atoms with E-state index in [1.807, 2.05) is 0 Å². The van der Waals surface area contributed by atoms with Crippen molar-refractivity contribution in [3.63, 3.8) is 0 Å². The number of rotatable bonds is 0. The standard InChI is InChI=1S/C7H11NO/c9-6-3-1-2-4-7(6)5-8-7/h8H,1-5H2. The first kappa shape index (κ1) is 5.42. The molecule has 1 spiro atoms. The molecule has 0 radical (unpaired) electrons. The summed E-state index contributed by atoms with van der Waals surface area (Å²) in [6.45, 7) is 0.950. The van der Waals surface area contributed by atoms with Crippen LogP contribution >= 0.6 is 0 Å². The second kappa shape index (κ2) is 1.57. The van der Waals surface area contributed by atoms with Crippen molar-refractivity contribution in [3.05, 3.63) is 0 Å². The van der Waals surface area contributed by atoms with Crippen LogP contribution in [0.5, 0.6) is 0 Å². The van der Waals surface area contributed by atoms with Gasteiger partial charge in [-0.1, -0.05) is 6.42 Å². The Morgan fingerprint density at radius 2 is 2.22 bits per heavy atom. The van der Waals surface area contributed by atoms with Crippen molar-refractivity contribution in [3.8, 4) is 0 Å². The minimum Gasteiger partial charge on any atom is -0.302 e. The lowest BCUT2D eigenvalue weighted by atomic mass is 9.88. The lowest BCUT2D eigenvalue weighted by molar-refractivity contribution is -0.122. The molecular weight excluding hydrogens is 114 g/mol. The van der Waals surface area contributed by atoms with Crippen molar-refractivity contribution in [1.29, 1.82) is 0 Å². The minimum absolute atomic E-state index is 0.00174. The number of Topliss-reactive ketones (excluding diaryl/α,β-unsaturated/α-hetero) is 1. The average Bonchev–Trinajstić information content (AvgIpc) is 2.60. The van der Waals surface area contributed by atoms with Gasteiger partial charge in [0.1, 0.15) is 0 Å². The number of ketones is 1. The van der Waals surface area contributed by atoms with Crippen molar-refractivity contribution in [2.45, 2.75) is 31.2 Å². The predicted molar refractivity (Wildman–Crippen MR) is 34.2 cm³/mol. The van der Waals surface area contributed by atoms with Gasteiger partial charge >= 0.3 is 0 Å². The molecule has 1 N–H and O–H groups in total. The van der Waals surface area contributed by atoms with Gasteiger partial charge in [-0.05, 0) is 12.8 Å². The van der Waals surface area contributed by atoms with Crippen LogP contribution in [0.3, 0.4) is 0 Å². The second-order valence-electron chi connectivity index (χ2n) is 3.07. The topological polar surface area (TPSA) is 39.0 Å². The average molecular weight is 125 g/mol. The SMILES string of the molecule is O=C1CCCCC12CN2. The van der Waals surface area contributed by atoms with Crippen molar-refractivity contribution in [2.24, 2.45) is 0 Å². The molecule has 0 amide bonds. The Hall–Kier alpha value is -0.370. The number of hydrogen-bond donors (Lipinski definition) is 1. The normalized spacial score (nSPS) is 41.6. The maximum absolute atomic E-state index is 11.1. The van der Waals surface area contributed by atoms with Gasteiger partial charge in [0.05, 0.1) is 5.54 Å². The van der Waals surface area contributed by atoms with Crippen LogP contribution in [0.2, 0.25) is 0 Å². The molecule has 1 atom stereocenters. The molecule has 1 saturated carbocycles. The summed E-state index contributed by atoms with van der Waals surface area (Å²) in [5, 5.41) is 3.15. The number of carbonyl (C=O) groups is 1. The second-order valence-corrected chi connectivity index (χ2v) is 3.07. The Bertz CT molecular complexity index is 149. The van der Waals surface area contributed by atoms with Gasteiger partial charge in [-0.3, -0.25) is 4.79 Å². The maximum Gasteiger partial charge on any atom is 0.154 e. The highest BCUT2D eigenvalue weighted by molar-refractivity contribution is 5.92. The van der Waals surface area contributed by atoms with Crippen LogP contribution < -0.4 is 5.32 Å². The molecule has 2 heteroatoms. The van der Waals surface area contributed by atoms with Crippen LogP contribution in [0, 0.1) is 0 Å². The quantitative estimate of drug-likeness (QED) is 0.478. The van der Waals surface area contributed by atoms with Gasteiger partial charge in [0.2, 0.25) is 0 Å². The van der Waals surface area contributed by atoms with E-state index in [0.717, 1.165) is 25.8 Å². The van der Waals surface area contributed by atoms with E-state index in [1.54, 1.807) is 0 Å². The van der Waals surface area contributed by atoms with E-state index in [2.05, 4.69) is 5.32 Å². The largest absolute Gasteiger partial charge is 0.302 e. The molecule has 1 saturated heterocycles. The molecule has 9 heavy (non-hydrogen) atoms. The zero-order valence-electron chi connectivity index (χ0n) is 5.44. The summed E-state index contributed by atoms with van der Waals surface area (Å²) in [7, 11) is 0. The van der Waals surface area contributed by atoms with Crippen LogP contribution in [0.4, 0.5) is 0 Å². The van der Waals surface area contributed by atoms with E-state index in [0.29, 0.717) is 5.78 Å². The smallest absolute Gasteiger partial charge is 0.154 e. The monoisotopic (exact) mass is 125 g/mol. The van der Waals surface area contributed by atoms with Gasteiger partial charge < -0.3 is 5.32 Å². The molecule has 0 aromatic heterocycles. The summed E-state index contributed by atoms with van der Waals surface area (Å²) < 4.78 is 0. The minimum atomic E-state index is -0.00174. The molecule has 1 aliphatic heterocycles. The number of carbonyl (C=O) groups excluding carboxylic acids is 1. The molecule has 2 rings (SSSR count). The molecule has 50 valence electrons. The molecule has 0 bridgehead atoms. The molecule has 0 aromatic rings. The van der Waals surface area contributed by atoms with E-state index < -0.39 is 0 Å². The third kappa shape index (κ3) is 0.697. The number of hydrogen-bond acceptors (Lipinski definition) is 2. The van der Waals surface area contributed by atoms with Gasteiger partial charge in [-0.15, -0.1) is 0 Å². The van der Waals surface area contributed by atoms with Gasteiger partial charge in [0.15, 0.2) is 5.78 Å². The van der Waals surface area contributed by atoms with Crippen LogP contribution in [0.25, 0.3) is 0 Å². The van der Waals surface area contributed by atoms with Crippen LogP contribution in [-0.2, 0) is 4.79 Å². The zero-order chi connectivity index (χ0) is 6.32.